The summed E-state index contributed by atoms with van der Waals surface area (Å²) in [5, 5.41) is 12.4. The van der Waals surface area contributed by atoms with Crippen molar-refractivity contribution in [3.63, 3.8) is 0 Å². The maximum Gasteiger partial charge on any atom is 0.320 e. The van der Waals surface area contributed by atoms with Gasteiger partial charge in [0, 0.05) is 38.1 Å². The highest BCUT2D eigenvalue weighted by Gasteiger charge is 2.32. The molecule has 0 spiro atoms. The van der Waals surface area contributed by atoms with Crippen LogP contribution in [-0.4, -0.2) is 71.6 Å². The van der Waals surface area contributed by atoms with Crippen molar-refractivity contribution in [2.75, 3.05) is 32.7 Å². The number of carbonyl (C=O) groups excluding carboxylic acids is 1. The molecule has 0 saturated carbocycles. The summed E-state index contributed by atoms with van der Waals surface area (Å²) in [5.74, 6) is -0.410. The number of nitrogens with one attached hydrogen (secondary N) is 1. The summed E-state index contributed by atoms with van der Waals surface area (Å²) in [4.78, 5) is 27.3. The third-order valence-corrected chi connectivity index (χ3v) is 4.50. The highest BCUT2D eigenvalue weighted by Crippen LogP contribution is 2.20. The first kappa shape index (κ1) is 15.3. The Bertz CT molecular complexity index is 367. The van der Waals surface area contributed by atoms with Crippen molar-refractivity contribution >= 4 is 11.9 Å². The average Bonchev–Trinajstić information content (AvgIpc) is 2.46. The number of hydrogen-bond acceptors (Lipinski definition) is 4. The van der Waals surface area contributed by atoms with E-state index < -0.39 is 12.0 Å². The van der Waals surface area contributed by atoms with Crippen LogP contribution in [0, 0.1) is 5.92 Å². The number of piperazine rings is 1. The molecule has 0 aromatic rings. The van der Waals surface area contributed by atoms with Crippen molar-refractivity contribution < 1.29 is 14.7 Å². The summed E-state index contributed by atoms with van der Waals surface area (Å²) in [6, 6.07) is -0.0582. The van der Waals surface area contributed by atoms with Gasteiger partial charge in [-0.25, -0.2) is 0 Å². The fraction of sp³-hybridized carbons (Fsp3) is 0.857. The number of carboxylic acids is 1. The van der Waals surface area contributed by atoms with Crippen LogP contribution in [-0.2, 0) is 9.59 Å². The molecular weight excluding hydrogens is 258 g/mol. The Kier molecular flexibility index (Phi) is 4.99. The maximum absolute atomic E-state index is 12.5. The minimum atomic E-state index is -0.794. The topological polar surface area (TPSA) is 72.9 Å². The third kappa shape index (κ3) is 3.49. The van der Waals surface area contributed by atoms with E-state index in [9.17, 15) is 9.59 Å². The van der Waals surface area contributed by atoms with Crippen molar-refractivity contribution in [2.45, 2.75) is 38.8 Å². The Morgan fingerprint density at radius 3 is 2.45 bits per heavy atom. The van der Waals surface area contributed by atoms with Crippen LogP contribution < -0.4 is 5.32 Å². The zero-order valence-corrected chi connectivity index (χ0v) is 12.3. The van der Waals surface area contributed by atoms with Crippen LogP contribution in [0.1, 0.15) is 26.7 Å². The Hall–Kier alpha value is -1.14. The molecule has 2 aliphatic rings. The summed E-state index contributed by atoms with van der Waals surface area (Å²) in [7, 11) is 0. The van der Waals surface area contributed by atoms with E-state index in [1.165, 1.54) is 0 Å². The SMILES string of the molecule is CC1CC(C(=O)N2CCN(C(C)C(=O)O)CC2)CCN1. The lowest BCUT2D eigenvalue weighted by Crippen LogP contribution is -2.55. The molecule has 0 aliphatic carbocycles. The van der Waals surface area contributed by atoms with E-state index in [2.05, 4.69) is 12.2 Å². The lowest BCUT2D eigenvalue weighted by Gasteiger charge is -2.39. The molecule has 20 heavy (non-hydrogen) atoms. The molecule has 3 unspecified atom stereocenters. The summed E-state index contributed by atoms with van der Waals surface area (Å²) in [6.45, 7) is 7.33. The number of aliphatic carboxylic acids is 1. The summed E-state index contributed by atoms with van der Waals surface area (Å²) in [6.07, 6.45) is 1.82. The molecule has 2 aliphatic heterocycles. The normalized spacial score (nSPS) is 30.0. The maximum atomic E-state index is 12.5. The van der Waals surface area contributed by atoms with Gasteiger partial charge in [-0.15, -0.1) is 0 Å². The first-order chi connectivity index (χ1) is 9.49. The molecule has 2 heterocycles. The van der Waals surface area contributed by atoms with E-state index in [0.29, 0.717) is 32.2 Å². The van der Waals surface area contributed by atoms with E-state index in [4.69, 9.17) is 5.11 Å². The van der Waals surface area contributed by atoms with Gasteiger partial charge >= 0.3 is 5.97 Å². The molecule has 6 heteroatoms. The largest absolute Gasteiger partial charge is 0.480 e. The van der Waals surface area contributed by atoms with Crippen LogP contribution in [0.15, 0.2) is 0 Å². The molecule has 3 atom stereocenters. The zero-order valence-electron chi connectivity index (χ0n) is 12.3. The molecule has 2 N–H and O–H groups in total. The molecule has 0 aromatic carbocycles. The zero-order chi connectivity index (χ0) is 14.7. The minimum absolute atomic E-state index is 0.134. The summed E-state index contributed by atoms with van der Waals surface area (Å²) >= 11 is 0. The Balaban J connectivity index is 1.84. The molecule has 2 saturated heterocycles. The molecule has 0 bridgehead atoms. The molecule has 0 aromatic heterocycles. The van der Waals surface area contributed by atoms with E-state index in [1.54, 1.807) is 6.92 Å². The van der Waals surface area contributed by atoms with Crippen LogP contribution in [0.2, 0.25) is 0 Å². The molecule has 2 rings (SSSR count). The Morgan fingerprint density at radius 1 is 1.25 bits per heavy atom. The van der Waals surface area contributed by atoms with Crippen molar-refractivity contribution in [2.24, 2.45) is 5.92 Å². The number of rotatable bonds is 3. The van der Waals surface area contributed by atoms with Gasteiger partial charge in [-0.1, -0.05) is 0 Å². The predicted molar refractivity (Wildman–Crippen MR) is 75.4 cm³/mol. The van der Waals surface area contributed by atoms with Gasteiger partial charge in [-0.2, -0.15) is 0 Å². The van der Waals surface area contributed by atoms with Gasteiger partial charge in [0.25, 0.3) is 0 Å². The Morgan fingerprint density at radius 2 is 1.90 bits per heavy atom. The van der Waals surface area contributed by atoms with Crippen LogP contribution in [0.3, 0.4) is 0 Å². The van der Waals surface area contributed by atoms with E-state index in [0.717, 1.165) is 19.4 Å². The van der Waals surface area contributed by atoms with E-state index >= 15 is 0 Å². The van der Waals surface area contributed by atoms with Crippen LogP contribution in [0.4, 0.5) is 0 Å². The van der Waals surface area contributed by atoms with E-state index in [-0.39, 0.29) is 11.8 Å². The van der Waals surface area contributed by atoms with Crippen molar-refractivity contribution in [1.82, 2.24) is 15.1 Å². The Labute approximate surface area is 120 Å². The van der Waals surface area contributed by atoms with Gasteiger partial charge in [0.15, 0.2) is 0 Å². The molecule has 1 amide bonds. The van der Waals surface area contributed by atoms with Gasteiger partial charge in [0.2, 0.25) is 5.91 Å². The van der Waals surface area contributed by atoms with E-state index in [1.807, 2.05) is 9.80 Å². The fourth-order valence-electron chi connectivity index (χ4n) is 3.10. The van der Waals surface area contributed by atoms with Gasteiger partial charge in [0.05, 0.1) is 0 Å². The quantitative estimate of drug-likeness (QED) is 0.762. The van der Waals surface area contributed by atoms with Crippen LogP contribution >= 0.6 is 0 Å². The predicted octanol–water partition coefficient (Wildman–Crippen LogP) is -0.00820. The number of hydrogen-bond donors (Lipinski definition) is 2. The van der Waals surface area contributed by atoms with Crippen LogP contribution in [0.5, 0.6) is 0 Å². The number of piperidine rings is 1. The van der Waals surface area contributed by atoms with Crippen molar-refractivity contribution in [3.8, 4) is 0 Å². The number of amides is 1. The summed E-state index contributed by atoms with van der Waals surface area (Å²) < 4.78 is 0. The second kappa shape index (κ2) is 6.54. The van der Waals surface area contributed by atoms with Gasteiger partial charge in [-0.05, 0) is 33.2 Å². The highest BCUT2D eigenvalue weighted by atomic mass is 16.4. The highest BCUT2D eigenvalue weighted by molar-refractivity contribution is 5.79. The van der Waals surface area contributed by atoms with Gasteiger partial charge in [0.1, 0.15) is 6.04 Å². The lowest BCUT2D eigenvalue weighted by molar-refractivity contribution is -0.144. The second-order valence-corrected chi connectivity index (χ2v) is 5.95. The molecule has 114 valence electrons. The van der Waals surface area contributed by atoms with Gasteiger partial charge in [-0.3, -0.25) is 14.5 Å². The van der Waals surface area contributed by atoms with Gasteiger partial charge < -0.3 is 15.3 Å². The van der Waals surface area contributed by atoms with Crippen molar-refractivity contribution in [3.05, 3.63) is 0 Å². The molecule has 2 fully saturated rings. The monoisotopic (exact) mass is 283 g/mol. The molecular formula is C14H25N3O3. The van der Waals surface area contributed by atoms with Crippen molar-refractivity contribution in [1.29, 1.82) is 0 Å². The average molecular weight is 283 g/mol. The fourth-order valence-corrected chi connectivity index (χ4v) is 3.10. The lowest BCUT2D eigenvalue weighted by atomic mass is 9.92. The third-order valence-electron chi connectivity index (χ3n) is 4.50. The first-order valence-corrected chi connectivity index (χ1v) is 7.48. The smallest absolute Gasteiger partial charge is 0.320 e. The van der Waals surface area contributed by atoms with Crippen LogP contribution in [0.25, 0.3) is 0 Å². The molecule has 6 nitrogen and oxygen atoms in total. The number of nitrogens with zero attached hydrogens (tertiary/aromatic N) is 2. The standard InChI is InChI=1S/C14H25N3O3/c1-10-9-12(3-4-15-10)13(18)17-7-5-16(6-8-17)11(2)14(19)20/h10-12,15H,3-9H2,1-2H3,(H,19,20). The summed E-state index contributed by atoms with van der Waals surface area (Å²) in [5.41, 5.74) is 0. The first-order valence-electron chi connectivity index (χ1n) is 7.48. The minimum Gasteiger partial charge on any atom is -0.480 e. The molecule has 0 radical (unpaired) electrons. The number of carboxylic acid groups (broad SMARTS) is 1. The second-order valence-electron chi connectivity index (χ2n) is 5.95. The number of carbonyl (C=O) groups is 2.